The normalized spacial score (nSPS) is 17.1. The van der Waals surface area contributed by atoms with Gasteiger partial charge in [-0.2, -0.15) is 0 Å². The maximum absolute atomic E-state index is 9.44. The first-order valence-electron chi connectivity index (χ1n) is 5.30. The molecule has 82 valence electrons. The molecule has 0 aliphatic carbocycles. The van der Waals surface area contributed by atoms with Crippen molar-refractivity contribution in [3.05, 3.63) is 0 Å². The molecule has 0 saturated carbocycles. The standard InChI is InChI=1S/C12H22O2/c1-5-7-11(13)9-8-10(3)12(6-2)14-4/h1,10-13H,6-9H2,2-4H3. The van der Waals surface area contributed by atoms with Gasteiger partial charge in [-0.05, 0) is 25.2 Å². The molecule has 0 aromatic rings. The molecule has 0 amide bonds. The highest BCUT2D eigenvalue weighted by molar-refractivity contribution is 4.86. The Morgan fingerprint density at radius 2 is 2.07 bits per heavy atom. The lowest BCUT2D eigenvalue weighted by Gasteiger charge is -2.21. The van der Waals surface area contributed by atoms with E-state index in [9.17, 15) is 5.11 Å². The van der Waals surface area contributed by atoms with Crippen LogP contribution in [0.2, 0.25) is 0 Å². The minimum Gasteiger partial charge on any atom is -0.392 e. The third-order valence-corrected chi connectivity index (χ3v) is 2.65. The van der Waals surface area contributed by atoms with Crippen LogP contribution in [0.1, 0.15) is 39.5 Å². The van der Waals surface area contributed by atoms with Crippen LogP contribution in [0.5, 0.6) is 0 Å². The summed E-state index contributed by atoms with van der Waals surface area (Å²) >= 11 is 0. The van der Waals surface area contributed by atoms with E-state index < -0.39 is 0 Å². The first-order chi connectivity index (χ1) is 6.65. The largest absolute Gasteiger partial charge is 0.392 e. The number of rotatable bonds is 7. The van der Waals surface area contributed by atoms with Crippen LogP contribution in [0.25, 0.3) is 0 Å². The maximum atomic E-state index is 9.44. The molecule has 0 aliphatic heterocycles. The number of hydrogen-bond donors (Lipinski definition) is 1. The van der Waals surface area contributed by atoms with Crippen molar-refractivity contribution >= 4 is 0 Å². The summed E-state index contributed by atoms with van der Waals surface area (Å²) in [5.74, 6) is 2.95. The maximum Gasteiger partial charge on any atom is 0.0649 e. The minimum atomic E-state index is -0.350. The number of hydrogen-bond acceptors (Lipinski definition) is 2. The van der Waals surface area contributed by atoms with Crippen LogP contribution in [0.4, 0.5) is 0 Å². The number of ether oxygens (including phenoxy) is 1. The van der Waals surface area contributed by atoms with E-state index in [1.54, 1.807) is 7.11 Å². The quantitative estimate of drug-likeness (QED) is 0.636. The summed E-state index contributed by atoms with van der Waals surface area (Å²) in [7, 11) is 1.74. The molecule has 0 heterocycles. The summed E-state index contributed by atoms with van der Waals surface area (Å²) < 4.78 is 5.33. The van der Waals surface area contributed by atoms with E-state index in [-0.39, 0.29) is 6.10 Å². The van der Waals surface area contributed by atoms with Gasteiger partial charge in [0.2, 0.25) is 0 Å². The lowest BCUT2D eigenvalue weighted by Crippen LogP contribution is -2.21. The number of aliphatic hydroxyl groups excluding tert-OH is 1. The Labute approximate surface area is 87.7 Å². The van der Waals surface area contributed by atoms with Gasteiger partial charge in [0.15, 0.2) is 0 Å². The predicted molar refractivity (Wildman–Crippen MR) is 58.9 cm³/mol. The van der Waals surface area contributed by atoms with Crippen molar-refractivity contribution in [2.45, 2.75) is 51.7 Å². The summed E-state index contributed by atoms with van der Waals surface area (Å²) in [6, 6.07) is 0. The average molecular weight is 198 g/mol. The van der Waals surface area contributed by atoms with Gasteiger partial charge in [-0.15, -0.1) is 12.3 Å². The van der Waals surface area contributed by atoms with Gasteiger partial charge in [0.1, 0.15) is 0 Å². The van der Waals surface area contributed by atoms with Crippen LogP contribution in [-0.2, 0) is 4.74 Å². The zero-order chi connectivity index (χ0) is 11.0. The van der Waals surface area contributed by atoms with Crippen LogP contribution in [0.15, 0.2) is 0 Å². The molecule has 0 rings (SSSR count). The number of methoxy groups -OCH3 is 1. The fourth-order valence-corrected chi connectivity index (χ4v) is 1.68. The summed E-state index contributed by atoms with van der Waals surface area (Å²) in [6.45, 7) is 4.27. The monoisotopic (exact) mass is 198 g/mol. The Morgan fingerprint density at radius 1 is 1.43 bits per heavy atom. The summed E-state index contributed by atoms with van der Waals surface area (Å²) in [5, 5.41) is 9.44. The Morgan fingerprint density at radius 3 is 2.50 bits per heavy atom. The zero-order valence-corrected chi connectivity index (χ0v) is 9.49. The highest BCUT2D eigenvalue weighted by Gasteiger charge is 2.15. The van der Waals surface area contributed by atoms with E-state index in [2.05, 4.69) is 19.8 Å². The van der Waals surface area contributed by atoms with Gasteiger partial charge in [-0.3, -0.25) is 0 Å². The molecular formula is C12H22O2. The van der Waals surface area contributed by atoms with E-state index in [0.29, 0.717) is 18.4 Å². The molecule has 0 aromatic heterocycles. The molecule has 3 unspecified atom stereocenters. The van der Waals surface area contributed by atoms with Crippen molar-refractivity contribution in [2.75, 3.05) is 7.11 Å². The Kier molecular flexibility index (Phi) is 7.55. The highest BCUT2D eigenvalue weighted by atomic mass is 16.5. The van der Waals surface area contributed by atoms with Crippen molar-refractivity contribution in [3.8, 4) is 12.3 Å². The molecule has 0 bridgehead atoms. The van der Waals surface area contributed by atoms with Gasteiger partial charge in [0, 0.05) is 13.5 Å². The minimum absolute atomic E-state index is 0.299. The zero-order valence-electron chi connectivity index (χ0n) is 9.49. The first-order valence-corrected chi connectivity index (χ1v) is 5.30. The molecule has 0 spiro atoms. The molecule has 0 radical (unpaired) electrons. The van der Waals surface area contributed by atoms with E-state index in [1.807, 2.05) is 0 Å². The topological polar surface area (TPSA) is 29.5 Å². The van der Waals surface area contributed by atoms with Gasteiger partial charge >= 0.3 is 0 Å². The molecule has 14 heavy (non-hydrogen) atoms. The molecule has 2 heteroatoms. The third-order valence-electron chi connectivity index (χ3n) is 2.65. The molecular weight excluding hydrogens is 176 g/mol. The molecule has 2 nitrogen and oxygen atoms in total. The molecule has 1 N–H and O–H groups in total. The second kappa shape index (κ2) is 7.84. The van der Waals surface area contributed by atoms with Gasteiger partial charge in [0.05, 0.1) is 12.2 Å². The van der Waals surface area contributed by atoms with Crippen molar-refractivity contribution < 1.29 is 9.84 Å². The van der Waals surface area contributed by atoms with Crippen molar-refractivity contribution in [1.82, 2.24) is 0 Å². The molecule has 0 fully saturated rings. The lowest BCUT2D eigenvalue weighted by molar-refractivity contribution is 0.0454. The van der Waals surface area contributed by atoms with Gasteiger partial charge in [-0.1, -0.05) is 13.8 Å². The van der Waals surface area contributed by atoms with E-state index in [1.165, 1.54) is 0 Å². The summed E-state index contributed by atoms with van der Waals surface area (Å²) in [5.41, 5.74) is 0. The van der Waals surface area contributed by atoms with Crippen LogP contribution in [0, 0.1) is 18.3 Å². The van der Waals surface area contributed by atoms with E-state index >= 15 is 0 Å². The van der Waals surface area contributed by atoms with Gasteiger partial charge in [-0.25, -0.2) is 0 Å². The van der Waals surface area contributed by atoms with Crippen molar-refractivity contribution in [2.24, 2.45) is 5.92 Å². The molecule has 0 aliphatic rings. The lowest BCUT2D eigenvalue weighted by atomic mass is 9.95. The van der Waals surface area contributed by atoms with E-state index in [0.717, 1.165) is 19.3 Å². The number of aliphatic hydroxyl groups is 1. The fraction of sp³-hybridized carbons (Fsp3) is 0.833. The molecule has 0 aromatic carbocycles. The Hall–Kier alpha value is -0.520. The van der Waals surface area contributed by atoms with Crippen LogP contribution in [-0.4, -0.2) is 24.4 Å². The SMILES string of the molecule is C#CCC(O)CCC(C)C(CC)OC. The van der Waals surface area contributed by atoms with Gasteiger partial charge in [0.25, 0.3) is 0 Å². The smallest absolute Gasteiger partial charge is 0.0649 e. The third kappa shape index (κ3) is 5.26. The van der Waals surface area contributed by atoms with Crippen LogP contribution < -0.4 is 0 Å². The van der Waals surface area contributed by atoms with Crippen LogP contribution in [0.3, 0.4) is 0 Å². The Balaban J connectivity index is 3.72. The summed E-state index contributed by atoms with van der Waals surface area (Å²) in [4.78, 5) is 0. The highest BCUT2D eigenvalue weighted by Crippen LogP contribution is 2.17. The second-order valence-corrected chi connectivity index (χ2v) is 3.80. The first kappa shape index (κ1) is 13.5. The van der Waals surface area contributed by atoms with Gasteiger partial charge < -0.3 is 9.84 Å². The average Bonchev–Trinajstić information content (AvgIpc) is 2.17. The Bertz CT molecular complexity index is 168. The summed E-state index contributed by atoms with van der Waals surface area (Å²) in [6.07, 6.45) is 8.27. The van der Waals surface area contributed by atoms with Crippen molar-refractivity contribution in [1.29, 1.82) is 0 Å². The second-order valence-electron chi connectivity index (χ2n) is 3.80. The predicted octanol–water partition coefficient (Wildman–Crippen LogP) is 2.21. The fourth-order valence-electron chi connectivity index (χ4n) is 1.68. The van der Waals surface area contributed by atoms with Crippen LogP contribution >= 0.6 is 0 Å². The number of terminal acetylenes is 1. The molecule has 3 atom stereocenters. The molecule has 0 saturated heterocycles. The van der Waals surface area contributed by atoms with Crippen molar-refractivity contribution in [3.63, 3.8) is 0 Å². The van der Waals surface area contributed by atoms with E-state index in [4.69, 9.17) is 11.2 Å².